The predicted octanol–water partition coefficient (Wildman–Crippen LogP) is 5.65. The van der Waals surface area contributed by atoms with Gasteiger partial charge in [0.1, 0.15) is 0 Å². The molecule has 0 spiro atoms. The van der Waals surface area contributed by atoms with E-state index in [0.717, 1.165) is 23.7 Å². The number of allylic oxidation sites excluding steroid dienone is 4. The van der Waals surface area contributed by atoms with Crippen LogP contribution in [0.5, 0.6) is 0 Å². The zero-order valence-electron chi connectivity index (χ0n) is 12.2. The molecule has 0 amide bonds. The molecular formula is C19H28. The van der Waals surface area contributed by atoms with E-state index in [1.54, 1.807) is 0 Å². The van der Waals surface area contributed by atoms with Crippen LogP contribution < -0.4 is 0 Å². The van der Waals surface area contributed by atoms with E-state index in [0.29, 0.717) is 0 Å². The van der Waals surface area contributed by atoms with E-state index < -0.39 is 0 Å². The maximum Gasteiger partial charge on any atom is -0.000860 e. The lowest BCUT2D eigenvalue weighted by atomic mass is 9.72. The second-order valence-electron chi connectivity index (χ2n) is 7.41. The molecule has 2 unspecified atom stereocenters. The van der Waals surface area contributed by atoms with Gasteiger partial charge in [-0.2, -0.15) is 0 Å². The molecule has 0 saturated heterocycles. The number of rotatable bonds is 2. The third-order valence-corrected chi connectivity index (χ3v) is 6.31. The maximum absolute atomic E-state index is 2.56. The molecule has 0 aromatic rings. The zero-order valence-corrected chi connectivity index (χ0v) is 12.2. The Bertz CT molecular complexity index is 352. The number of hydrogen-bond acceptors (Lipinski definition) is 0. The molecule has 2 bridgehead atoms. The van der Waals surface area contributed by atoms with Crippen molar-refractivity contribution >= 4 is 0 Å². The topological polar surface area (TPSA) is 0 Å². The summed E-state index contributed by atoms with van der Waals surface area (Å²) in [5.41, 5.74) is 3.94. The van der Waals surface area contributed by atoms with Crippen LogP contribution in [0.2, 0.25) is 0 Å². The molecule has 0 heteroatoms. The lowest BCUT2D eigenvalue weighted by molar-refractivity contribution is 0.364. The van der Waals surface area contributed by atoms with Gasteiger partial charge in [0.05, 0.1) is 0 Å². The molecule has 2 atom stereocenters. The molecule has 0 aliphatic heterocycles. The van der Waals surface area contributed by atoms with Crippen LogP contribution in [0.4, 0.5) is 0 Å². The average Bonchev–Trinajstić information content (AvgIpc) is 3.10. The van der Waals surface area contributed by atoms with Crippen LogP contribution in [-0.4, -0.2) is 0 Å². The van der Waals surface area contributed by atoms with Crippen LogP contribution in [0.1, 0.15) is 70.6 Å². The molecule has 0 heterocycles. The first-order chi connectivity index (χ1) is 9.43. The number of hydrogen-bond donors (Lipinski definition) is 0. The first kappa shape index (κ1) is 12.2. The molecular weight excluding hydrogens is 228 g/mol. The molecule has 19 heavy (non-hydrogen) atoms. The lowest BCUT2D eigenvalue weighted by Crippen LogP contribution is -2.19. The Morgan fingerprint density at radius 2 is 1.00 bits per heavy atom. The summed E-state index contributed by atoms with van der Waals surface area (Å²) >= 11 is 0. The van der Waals surface area contributed by atoms with Gasteiger partial charge in [0, 0.05) is 0 Å². The third-order valence-electron chi connectivity index (χ3n) is 6.31. The summed E-state index contributed by atoms with van der Waals surface area (Å²) in [7, 11) is 0. The smallest absolute Gasteiger partial charge is 0.000860 e. The van der Waals surface area contributed by atoms with Crippen molar-refractivity contribution in [3.63, 3.8) is 0 Å². The number of fused-ring (bicyclic) bond motifs is 2. The first-order valence-corrected chi connectivity index (χ1v) is 8.85. The normalized spacial score (nSPS) is 36.4. The van der Waals surface area contributed by atoms with Gasteiger partial charge < -0.3 is 0 Å². The highest BCUT2D eigenvalue weighted by molar-refractivity contribution is 5.40. The van der Waals surface area contributed by atoms with Crippen molar-refractivity contribution in [1.29, 1.82) is 0 Å². The first-order valence-electron chi connectivity index (χ1n) is 8.85. The van der Waals surface area contributed by atoms with E-state index in [-0.39, 0.29) is 0 Å². The van der Waals surface area contributed by atoms with Gasteiger partial charge in [0.2, 0.25) is 0 Å². The van der Waals surface area contributed by atoms with Gasteiger partial charge >= 0.3 is 0 Å². The summed E-state index contributed by atoms with van der Waals surface area (Å²) < 4.78 is 0. The molecule has 104 valence electrons. The SMILES string of the molecule is C1=CC2CC1C(C1CCCCC1)=C2C1CCCCC1. The van der Waals surface area contributed by atoms with Gasteiger partial charge in [0.25, 0.3) is 0 Å². The lowest BCUT2D eigenvalue weighted by Gasteiger charge is -2.33. The van der Waals surface area contributed by atoms with Crippen LogP contribution in [0.25, 0.3) is 0 Å². The summed E-state index contributed by atoms with van der Waals surface area (Å²) in [6, 6.07) is 0. The average molecular weight is 256 g/mol. The molecule has 4 rings (SSSR count). The van der Waals surface area contributed by atoms with Crippen LogP contribution in [0.3, 0.4) is 0 Å². The van der Waals surface area contributed by atoms with Crippen molar-refractivity contribution in [2.45, 2.75) is 70.6 Å². The van der Waals surface area contributed by atoms with Gasteiger partial charge in [-0.1, -0.05) is 61.8 Å². The minimum Gasteiger partial charge on any atom is -0.0807 e. The Hall–Kier alpha value is -0.520. The summed E-state index contributed by atoms with van der Waals surface area (Å²) in [6.07, 6.45) is 21.5. The molecule has 0 N–H and O–H groups in total. The predicted molar refractivity (Wildman–Crippen MR) is 80.9 cm³/mol. The second-order valence-corrected chi connectivity index (χ2v) is 7.41. The van der Waals surface area contributed by atoms with E-state index in [9.17, 15) is 0 Å². The second kappa shape index (κ2) is 5.11. The highest BCUT2D eigenvalue weighted by atomic mass is 14.5. The van der Waals surface area contributed by atoms with E-state index in [4.69, 9.17) is 0 Å². The van der Waals surface area contributed by atoms with Crippen molar-refractivity contribution < 1.29 is 0 Å². The van der Waals surface area contributed by atoms with Crippen molar-refractivity contribution in [1.82, 2.24) is 0 Å². The van der Waals surface area contributed by atoms with Gasteiger partial charge in [-0.15, -0.1) is 0 Å². The quantitative estimate of drug-likeness (QED) is 0.560. The van der Waals surface area contributed by atoms with Gasteiger partial charge in [-0.3, -0.25) is 0 Å². The minimum absolute atomic E-state index is 0.866. The van der Waals surface area contributed by atoms with Crippen molar-refractivity contribution in [3.8, 4) is 0 Å². The monoisotopic (exact) mass is 256 g/mol. The fraction of sp³-hybridized carbons (Fsp3) is 0.789. The Labute approximate surface area is 118 Å². The fourth-order valence-corrected chi connectivity index (χ4v) is 5.49. The fourth-order valence-electron chi connectivity index (χ4n) is 5.49. The Balaban J connectivity index is 1.63. The van der Waals surface area contributed by atoms with Crippen molar-refractivity contribution in [3.05, 3.63) is 23.3 Å². The van der Waals surface area contributed by atoms with E-state index in [1.165, 1.54) is 70.6 Å². The van der Waals surface area contributed by atoms with Gasteiger partial charge in [0.15, 0.2) is 0 Å². The van der Waals surface area contributed by atoms with Crippen LogP contribution in [0, 0.1) is 23.7 Å². The van der Waals surface area contributed by atoms with Crippen molar-refractivity contribution in [2.75, 3.05) is 0 Å². The third kappa shape index (κ3) is 2.12. The summed E-state index contributed by atoms with van der Waals surface area (Å²) in [6.45, 7) is 0. The van der Waals surface area contributed by atoms with Crippen LogP contribution in [0.15, 0.2) is 23.3 Å². The highest BCUT2D eigenvalue weighted by Crippen LogP contribution is 2.53. The van der Waals surface area contributed by atoms with E-state index >= 15 is 0 Å². The van der Waals surface area contributed by atoms with Crippen LogP contribution in [-0.2, 0) is 0 Å². The molecule has 0 aromatic heterocycles. The molecule has 4 aliphatic carbocycles. The van der Waals surface area contributed by atoms with Crippen LogP contribution >= 0.6 is 0 Å². The largest absolute Gasteiger partial charge is 0.0807 e. The Morgan fingerprint density at radius 3 is 1.42 bits per heavy atom. The van der Waals surface area contributed by atoms with E-state index in [1.807, 2.05) is 11.1 Å². The highest BCUT2D eigenvalue weighted by Gasteiger charge is 2.41. The summed E-state index contributed by atoms with van der Waals surface area (Å²) in [4.78, 5) is 0. The molecule has 2 saturated carbocycles. The summed E-state index contributed by atoms with van der Waals surface area (Å²) in [5.74, 6) is 3.69. The molecule has 0 nitrogen and oxygen atoms in total. The van der Waals surface area contributed by atoms with E-state index in [2.05, 4.69) is 12.2 Å². The van der Waals surface area contributed by atoms with Crippen molar-refractivity contribution in [2.24, 2.45) is 23.7 Å². The molecule has 4 aliphatic rings. The summed E-state index contributed by atoms with van der Waals surface area (Å²) in [5, 5.41) is 0. The molecule has 0 radical (unpaired) electrons. The van der Waals surface area contributed by atoms with Gasteiger partial charge in [-0.05, 0) is 55.8 Å². The standard InChI is InChI=1S/C19H28/c1-3-7-14(8-4-1)18-16-11-12-17(13-16)19(18)15-9-5-2-6-10-15/h11-12,14-17H,1-10,13H2. The molecule has 0 aromatic carbocycles. The zero-order chi connectivity index (χ0) is 12.7. The molecule has 2 fully saturated rings. The van der Waals surface area contributed by atoms with Gasteiger partial charge in [-0.25, -0.2) is 0 Å². The Kier molecular flexibility index (Phi) is 3.29. The Morgan fingerprint density at radius 1 is 0.579 bits per heavy atom. The maximum atomic E-state index is 2.56. The minimum atomic E-state index is 0.866.